The monoisotopic (exact) mass is 346 g/mol. The summed E-state index contributed by atoms with van der Waals surface area (Å²) in [6.45, 7) is 5.41. The van der Waals surface area contributed by atoms with E-state index < -0.39 is 0 Å². The lowest BCUT2D eigenvalue weighted by Crippen LogP contribution is -2.40. The number of nitrogens with one attached hydrogen (secondary N) is 1. The normalized spacial score (nSPS) is 22.2. The largest absolute Gasteiger partial charge is 0.347 e. The molecule has 0 spiro atoms. The molecule has 1 aliphatic carbocycles. The van der Waals surface area contributed by atoms with Gasteiger partial charge in [-0.05, 0) is 26.2 Å². The SMILES string of the molecule is CCCn1cc(C(=O)N[C@@H]2CC(=O)N(C3CCCCCC3)C2)c(C)n1. The molecule has 0 unspecified atom stereocenters. The van der Waals surface area contributed by atoms with Crippen molar-refractivity contribution in [2.45, 2.75) is 83.8 Å². The van der Waals surface area contributed by atoms with Gasteiger partial charge in [-0.15, -0.1) is 0 Å². The molecule has 6 nitrogen and oxygen atoms in total. The number of hydrogen-bond acceptors (Lipinski definition) is 3. The molecule has 0 aromatic carbocycles. The predicted molar refractivity (Wildman–Crippen MR) is 96.3 cm³/mol. The van der Waals surface area contributed by atoms with Crippen molar-refractivity contribution in [2.75, 3.05) is 6.54 Å². The number of carbonyl (C=O) groups is 2. The van der Waals surface area contributed by atoms with Crippen LogP contribution in [-0.4, -0.2) is 45.1 Å². The highest BCUT2D eigenvalue weighted by molar-refractivity contribution is 5.95. The van der Waals surface area contributed by atoms with Crippen LogP contribution in [-0.2, 0) is 11.3 Å². The highest BCUT2D eigenvalue weighted by atomic mass is 16.2. The van der Waals surface area contributed by atoms with Gasteiger partial charge in [0.1, 0.15) is 0 Å². The van der Waals surface area contributed by atoms with Crippen LogP contribution in [0.15, 0.2) is 6.20 Å². The van der Waals surface area contributed by atoms with Gasteiger partial charge in [-0.3, -0.25) is 14.3 Å². The summed E-state index contributed by atoms with van der Waals surface area (Å²) in [6, 6.07) is 0.281. The van der Waals surface area contributed by atoms with Crippen molar-refractivity contribution in [3.8, 4) is 0 Å². The number of likely N-dealkylation sites (tertiary alicyclic amines) is 1. The number of hydrogen-bond donors (Lipinski definition) is 1. The first-order chi connectivity index (χ1) is 12.1. The molecule has 1 aromatic heterocycles. The first-order valence-corrected chi connectivity index (χ1v) is 9.73. The van der Waals surface area contributed by atoms with Crippen LogP contribution < -0.4 is 5.32 Å². The lowest BCUT2D eigenvalue weighted by molar-refractivity contribution is -0.129. The number of nitrogens with zero attached hydrogens (tertiary/aromatic N) is 3. The smallest absolute Gasteiger partial charge is 0.255 e. The van der Waals surface area contributed by atoms with Gasteiger partial charge in [-0.2, -0.15) is 5.10 Å². The minimum atomic E-state index is -0.111. The summed E-state index contributed by atoms with van der Waals surface area (Å²) in [5.74, 6) is 0.0796. The standard InChI is InChI=1S/C19H30N4O2/c1-3-10-22-13-17(14(2)21-22)19(25)20-15-11-18(24)23(12-15)16-8-6-4-5-7-9-16/h13,15-16H,3-12H2,1-2H3,(H,20,25)/t15-/m1/s1. The average Bonchev–Trinajstić information content (AvgIpc) is 2.99. The van der Waals surface area contributed by atoms with Gasteiger partial charge in [-0.1, -0.05) is 32.6 Å². The molecule has 1 aromatic rings. The first-order valence-electron chi connectivity index (χ1n) is 9.73. The van der Waals surface area contributed by atoms with Crippen molar-refractivity contribution in [1.29, 1.82) is 0 Å². The van der Waals surface area contributed by atoms with Crippen molar-refractivity contribution in [3.63, 3.8) is 0 Å². The van der Waals surface area contributed by atoms with Gasteiger partial charge >= 0.3 is 0 Å². The number of amides is 2. The molecule has 138 valence electrons. The van der Waals surface area contributed by atoms with Crippen LogP contribution in [0.3, 0.4) is 0 Å². The third kappa shape index (κ3) is 4.22. The second kappa shape index (κ2) is 8.02. The van der Waals surface area contributed by atoms with E-state index >= 15 is 0 Å². The van der Waals surface area contributed by atoms with Crippen LogP contribution in [0.5, 0.6) is 0 Å². The number of aryl methyl sites for hydroxylation is 2. The van der Waals surface area contributed by atoms with Crippen molar-refractivity contribution >= 4 is 11.8 Å². The molecule has 6 heteroatoms. The maximum Gasteiger partial charge on any atom is 0.255 e. The third-order valence-corrected chi connectivity index (χ3v) is 5.40. The first kappa shape index (κ1) is 18.0. The summed E-state index contributed by atoms with van der Waals surface area (Å²) >= 11 is 0. The van der Waals surface area contributed by atoms with Crippen LogP contribution in [0.2, 0.25) is 0 Å². The topological polar surface area (TPSA) is 67.2 Å². The minimum absolute atomic E-state index is 0.0859. The molecular weight excluding hydrogens is 316 g/mol. The fourth-order valence-electron chi connectivity index (χ4n) is 4.10. The summed E-state index contributed by atoms with van der Waals surface area (Å²) < 4.78 is 1.82. The third-order valence-electron chi connectivity index (χ3n) is 5.40. The second-order valence-electron chi connectivity index (χ2n) is 7.46. The highest BCUT2D eigenvalue weighted by Gasteiger charge is 2.35. The zero-order valence-corrected chi connectivity index (χ0v) is 15.5. The molecule has 1 saturated carbocycles. The Morgan fingerprint density at radius 2 is 2.00 bits per heavy atom. The van der Waals surface area contributed by atoms with Gasteiger partial charge in [0, 0.05) is 31.7 Å². The van der Waals surface area contributed by atoms with E-state index in [1.165, 1.54) is 25.7 Å². The van der Waals surface area contributed by atoms with Crippen molar-refractivity contribution in [2.24, 2.45) is 0 Å². The Bertz CT molecular complexity index is 617. The highest BCUT2D eigenvalue weighted by Crippen LogP contribution is 2.26. The van der Waals surface area contributed by atoms with E-state index in [1.54, 1.807) is 0 Å². The Hall–Kier alpha value is -1.85. The van der Waals surface area contributed by atoms with Gasteiger partial charge in [0.2, 0.25) is 5.91 Å². The van der Waals surface area contributed by atoms with Crippen molar-refractivity contribution in [3.05, 3.63) is 17.5 Å². The summed E-state index contributed by atoms with van der Waals surface area (Å²) in [6.07, 6.45) is 10.4. The van der Waals surface area contributed by atoms with Gasteiger partial charge in [-0.25, -0.2) is 0 Å². The van der Waals surface area contributed by atoms with Gasteiger partial charge < -0.3 is 10.2 Å². The van der Waals surface area contributed by atoms with Crippen LogP contribution in [0.1, 0.15) is 74.3 Å². The van der Waals surface area contributed by atoms with Gasteiger partial charge in [0.25, 0.3) is 5.91 Å². The fraction of sp³-hybridized carbons (Fsp3) is 0.737. The summed E-state index contributed by atoms with van der Waals surface area (Å²) in [5, 5.41) is 7.44. The Balaban J connectivity index is 1.60. The summed E-state index contributed by atoms with van der Waals surface area (Å²) in [5.41, 5.74) is 1.37. The van der Waals surface area contributed by atoms with E-state index in [-0.39, 0.29) is 17.9 Å². The Labute approximate surface area is 149 Å². The minimum Gasteiger partial charge on any atom is -0.347 e. The molecular formula is C19H30N4O2. The summed E-state index contributed by atoms with van der Waals surface area (Å²) in [7, 11) is 0. The van der Waals surface area contributed by atoms with Gasteiger partial charge in [0.05, 0.1) is 17.3 Å². The quantitative estimate of drug-likeness (QED) is 0.834. The number of aromatic nitrogens is 2. The predicted octanol–water partition coefficient (Wildman–Crippen LogP) is 2.66. The molecule has 2 amide bonds. The van der Waals surface area contributed by atoms with E-state index in [4.69, 9.17) is 0 Å². The molecule has 0 bridgehead atoms. The molecule has 25 heavy (non-hydrogen) atoms. The number of rotatable bonds is 5. The zero-order valence-electron chi connectivity index (χ0n) is 15.5. The molecule has 2 heterocycles. The van der Waals surface area contributed by atoms with Crippen LogP contribution in [0.25, 0.3) is 0 Å². The molecule has 2 fully saturated rings. The van der Waals surface area contributed by atoms with Crippen molar-refractivity contribution < 1.29 is 9.59 Å². The lowest BCUT2D eigenvalue weighted by Gasteiger charge is -2.27. The molecule has 1 N–H and O–H groups in total. The zero-order chi connectivity index (χ0) is 17.8. The van der Waals surface area contributed by atoms with Crippen LogP contribution in [0, 0.1) is 6.92 Å². The average molecular weight is 346 g/mol. The van der Waals surface area contributed by atoms with E-state index in [0.717, 1.165) is 31.5 Å². The van der Waals surface area contributed by atoms with Crippen molar-refractivity contribution in [1.82, 2.24) is 20.0 Å². The Morgan fingerprint density at radius 1 is 1.28 bits per heavy atom. The van der Waals surface area contributed by atoms with E-state index in [9.17, 15) is 9.59 Å². The summed E-state index contributed by atoms with van der Waals surface area (Å²) in [4.78, 5) is 27.0. The second-order valence-corrected chi connectivity index (χ2v) is 7.46. The van der Waals surface area contributed by atoms with E-state index in [1.807, 2.05) is 22.7 Å². The van der Waals surface area contributed by atoms with E-state index in [0.29, 0.717) is 24.6 Å². The Morgan fingerprint density at radius 3 is 2.68 bits per heavy atom. The molecule has 1 aliphatic heterocycles. The fourth-order valence-corrected chi connectivity index (χ4v) is 4.10. The molecule has 1 atom stereocenters. The van der Waals surface area contributed by atoms with Crippen LogP contribution >= 0.6 is 0 Å². The van der Waals surface area contributed by atoms with Gasteiger partial charge in [0.15, 0.2) is 0 Å². The lowest BCUT2D eigenvalue weighted by atomic mass is 10.1. The van der Waals surface area contributed by atoms with E-state index in [2.05, 4.69) is 17.3 Å². The molecule has 2 aliphatic rings. The molecule has 1 saturated heterocycles. The maximum absolute atomic E-state index is 12.6. The molecule has 0 radical (unpaired) electrons. The van der Waals surface area contributed by atoms with Crippen LogP contribution in [0.4, 0.5) is 0 Å². The maximum atomic E-state index is 12.6. The molecule has 3 rings (SSSR count). The number of carbonyl (C=O) groups excluding carboxylic acids is 2. The Kier molecular flexibility index (Phi) is 5.76.